The fourth-order valence-electron chi connectivity index (χ4n) is 3.02. The second-order valence-electron chi connectivity index (χ2n) is 7.71. The maximum Gasteiger partial charge on any atom is 0.407 e. The van der Waals surface area contributed by atoms with Crippen LogP contribution in [0.5, 0.6) is 0 Å². The summed E-state index contributed by atoms with van der Waals surface area (Å²) in [5.41, 5.74) is -0.160. The number of carbonyl (C=O) groups excluding carboxylic acids is 2. The largest absolute Gasteiger partial charge is 0.444 e. The summed E-state index contributed by atoms with van der Waals surface area (Å²) in [7, 11) is 0. The molecule has 0 saturated heterocycles. The number of halogens is 2. The van der Waals surface area contributed by atoms with E-state index in [9.17, 15) is 18.4 Å². The molecule has 7 heteroatoms. The van der Waals surface area contributed by atoms with Gasteiger partial charge in [-0.05, 0) is 27.2 Å². The number of nitrogens with one attached hydrogen (secondary N) is 2. The first-order valence-electron chi connectivity index (χ1n) is 8.73. The average molecular weight is 368 g/mol. The van der Waals surface area contributed by atoms with Gasteiger partial charge in [-0.3, -0.25) is 4.79 Å². The molecule has 0 unspecified atom stereocenters. The second-order valence-corrected chi connectivity index (χ2v) is 7.71. The molecule has 0 radical (unpaired) electrons. The van der Waals surface area contributed by atoms with Crippen LogP contribution in [-0.4, -0.2) is 42.0 Å². The Balaban J connectivity index is 1.90. The molecule has 1 fully saturated rings. The van der Waals surface area contributed by atoms with Crippen molar-refractivity contribution in [2.45, 2.75) is 63.6 Å². The molecule has 0 bridgehead atoms. The molecular formula is C19H26F2N2O3. The highest BCUT2D eigenvalue weighted by Gasteiger charge is 2.42. The second kappa shape index (κ2) is 8.12. The molecule has 1 aromatic rings. The van der Waals surface area contributed by atoms with Gasteiger partial charge in [0, 0.05) is 30.5 Å². The van der Waals surface area contributed by atoms with Crippen molar-refractivity contribution in [3.05, 3.63) is 35.9 Å². The van der Waals surface area contributed by atoms with Crippen molar-refractivity contribution in [1.29, 1.82) is 0 Å². The Hall–Kier alpha value is -2.02. The number of rotatable bonds is 5. The van der Waals surface area contributed by atoms with Crippen LogP contribution in [-0.2, 0) is 4.74 Å². The van der Waals surface area contributed by atoms with E-state index in [4.69, 9.17) is 4.74 Å². The number of amides is 1. The number of ketones is 1. The van der Waals surface area contributed by atoms with Crippen molar-refractivity contribution < 1.29 is 23.1 Å². The predicted octanol–water partition coefficient (Wildman–Crippen LogP) is 3.54. The standard InChI is InChI=1S/C19H26F2N2O3/c1-18(2,3)26-17(25)23-15-9-14(10-19(20,21)11-15)22-12-16(24)13-7-5-4-6-8-13/h4-8,14-15,22H,9-12H2,1-3H3,(H,23,25)/t14-,15+/m0/s1. The van der Waals surface area contributed by atoms with E-state index in [2.05, 4.69) is 10.6 Å². The molecule has 0 aromatic heterocycles. The quantitative estimate of drug-likeness (QED) is 0.780. The van der Waals surface area contributed by atoms with Gasteiger partial charge in [0.1, 0.15) is 5.60 Å². The van der Waals surface area contributed by atoms with Gasteiger partial charge in [-0.1, -0.05) is 30.3 Å². The van der Waals surface area contributed by atoms with Crippen LogP contribution in [0.4, 0.5) is 13.6 Å². The lowest BCUT2D eigenvalue weighted by Crippen LogP contribution is -2.51. The van der Waals surface area contributed by atoms with E-state index in [1.165, 1.54) is 0 Å². The lowest BCUT2D eigenvalue weighted by Gasteiger charge is -2.35. The summed E-state index contributed by atoms with van der Waals surface area (Å²) >= 11 is 0. The number of alkyl halides is 2. The fraction of sp³-hybridized carbons (Fsp3) is 0.579. The van der Waals surface area contributed by atoms with Crippen molar-refractivity contribution in [2.24, 2.45) is 0 Å². The highest BCUT2D eigenvalue weighted by atomic mass is 19.3. The molecule has 2 atom stereocenters. The minimum absolute atomic E-state index is 0.0239. The minimum atomic E-state index is -2.91. The number of hydrogen-bond acceptors (Lipinski definition) is 4. The first kappa shape index (κ1) is 20.3. The van der Waals surface area contributed by atoms with Gasteiger partial charge < -0.3 is 15.4 Å². The Morgan fingerprint density at radius 1 is 1.15 bits per heavy atom. The van der Waals surface area contributed by atoms with E-state index < -0.39 is 36.1 Å². The lowest BCUT2D eigenvalue weighted by atomic mass is 9.88. The first-order chi connectivity index (χ1) is 12.0. The highest BCUT2D eigenvalue weighted by molar-refractivity contribution is 5.97. The minimum Gasteiger partial charge on any atom is -0.444 e. The van der Waals surface area contributed by atoms with Gasteiger partial charge in [0.05, 0.1) is 6.54 Å². The van der Waals surface area contributed by atoms with Gasteiger partial charge in [0.2, 0.25) is 0 Å². The molecule has 1 aliphatic rings. The highest BCUT2D eigenvalue weighted by Crippen LogP contribution is 2.33. The molecule has 0 spiro atoms. The molecule has 2 N–H and O–H groups in total. The van der Waals surface area contributed by atoms with E-state index in [1.54, 1.807) is 51.1 Å². The molecule has 144 valence electrons. The van der Waals surface area contributed by atoms with E-state index in [-0.39, 0.29) is 18.7 Å². The third kappa shape index (κ3) is 6.71. The van der Waals surface area contributed by atoms with Crippen molar-refractivity contribution in [2.75, 3.05) is 6.54 Å². The summed E-state index contributed by atoms with van der Waals surface area (Å²) in [4.78, 5) is 24.0. The number of hydrogen-bond donors (Lipinski definition) is 2. The van der Waals surface area contributed by atoms with Crippen LogP contribution in [0.2, 0.25) is 0 Å². The Bertz CT molecular complexity index is 629. The molecule has 0 aliphatic heterocycles. The van der Waals surface area contributed by atoms with Crippen LogP contribution in [0.1, 0.15) is 50.4 Å². The Kier molecular flexibility index (Phi) is 6.34. The monoisotopic (exact) mass is 368 g/mol. The normalized spacial score (nSPS) is 22.5. The molecule has 26 heavy (non-hydrogen) atoms. The van der Waals surface area contributed by atoms with E-state index in [0.717, 1.165) is 0 Å². The van der Waals surface area contributed by atoms with E-state index in [0.29, 0.717) is 12.0 Å². The Labute approximate surface area is 152 Å². The summed E-state index contributed by atoms with van der Waals surface area (Å²) in [5, 5.41) is 5.42. The first-order valence-corrected chi connectivity index (χ1v) is 8.73. The zero-order valence-electron chi connectivity index (χ0n) is 15.4. The molecule has 0 heterocycles. The zero-order chi connectivity index (χ0) is 19.4. The number of Topliss-reactive ketones (excluding diaryl/α,β-unsaturated/α-hetero) is 1. The summed E-state index contributed by atoms with van der Waals surface area (Å²) in [6, 6.07) is 7.41. The van der Waals surface area contributed by atoms with Crippen LogP contribution in [0, 0.1) is 0 Å². The van der Waals surface area contributed by atoms with Gasteiger partial charge in [-0.15, -0.1) is 0 Å². The van der Waals surface area contributed by atoms with E-state index >= 15 is 0 Å². The molecule has 2 rings (SSSR count). The topological polar surface area (TPSA) is 67.4 Å². The van der Waals surface area contributed by atoms with Crippen molar-refractivity contribution in [1.82, 2.24) is 10.6 Å². The number of alkyl carbamates (subject to hydrolysis) is 1. The van der Waals surface area contributed by atoms with Crippen LogP contribution in [0.3, 0.4) is 0 Å². The Morgan fingerprint density at radius 3 is 2.38 bits per heavy atom. The van der Waals surface area contributed by atoms with Crippen LogP contribution >= 0.6 is 0 Å². The van der Waals surface area contributed by atoms with Gasteiger partial charge in [0.15, 0.2) is 5.78 Å². The molecular weight excluding hydrogens is 342 g/mol. The molecule has 1 saturated carbocycles. The summed E-state index contributed by atoms with van der Waals surface area (Å²) in [6.45, 7) is 5.11. The lowest BCUT2D eigenvalue weighted by molar-refractivity contribution is -0.0548. The summed E-state index contributed by atoms with van der Waals surface area (Å²) in [6.07, 6.45) is -1.19. The van der Waals surface area contributed by atoms with E-state index in [1.807, 2.05) is 0 Å². The smallest absolute Gasteiger partial charge is 0.407 e. The predicted molar refractivity (Wildman–Crippen MR) is 94.5 cm³/mol. The van der Waals surface area contributed by atoms with Crippen molar-refractivity contribution in [3.8, 4) is 0 Å². The maximum atomic E-state index is 14.0. The van der Waals surface area contributed by atoms with Crippen LogP contribution in [0.15, 0.2) is 30.3 Å². The van der Waals surface area contributed by atoms with Crippen molar-refractivity contribution in [3.63, 3.8) is 0 Å². The summed E-state index contributed by atoms with van der Waals surface area (Å²) < 4.78 is 33.2. The molecule has 1 aliphatic carbocycles. The maximum absolute atomic E-state index is 14.0. The number of ether oxygens (including phenoxy) is 1. The number of carbonyl (C=O) groups is 2. The third-order valence-corrected chi connectivity index (χ3v) is 4.03. The van der Waals surface area contributed by atoms with Gasteiger partial charge >= 0.3 is 6.09 Å². The third-order valence-electron chi connectivity index (χ3n) is 4.03. The molecule has 1 amide bonds. The number of benzene rings is 1. The fourth-order valence-corrected chi connectivity index (χ4v) is 3.02. The van der Waals surface area contributed by atoms with Crippen molar-refractivity contribution >= 4 is 11.9 Å². The SMILES string of the molecule is CC(C)(C)OC(=O)N[C@@H]1C[C@H](NCC(=O)c2ccccc2)CC(F)(F)C1. The molecule has 1 aromatic carbocycles. The van der Waals surface area contributed by atoms with Crippen LogP contribution in [0.25, 0.3) is 0 Å². The molecule has 5 nitrogen and oxygen atoms in total. The summed E-state index contributed by atoms with van der Waals surface area (Å²) in [5.74, 6) is -3.07. The Morgan fingerprint density at radius 2 is 1.77 bits per heavy atom. The van der Waals surface area contributed by atoms with Crippen LogP contribution < -0.4 is 10.6 Å². The average Bonchev–Trinajstić information content (AvgIpc) is 2.50. The van der Waals surface area contributed by atoms with Gasteiger partial charge in [-0.25, -0.2) is 13.6 Å². The van der Waals surface area contributed by atoms with Gasteiger partial charge in [0.25, 0.3) is 5.92 Å². The zero-order valence-corrected chi connectivity index (χ0v) is 15.4. The van der Waals surface area contributed by atoms with Gasteiger partial charge in [-0.2, -0.15) is 0 Å².